The quantitative estimate of drug-likeness (QED) is 0.690. The summed E-state index contributed by atoms with van der Waals surface area (Å²) in [5.74, 6) is -0.254. The normalized spacial score (nSPS) is 12.2. The van der Waals surface area contributed by atoms with Crippen molar-refractivity contribution in [1.29, 1.82) is 0 Å². The van der Waals surface area contributed by atoms with E-state index in [1.807, 2.05) is 6.92 Å². The lowest BCUT2D eigenvalue weighted by Crippen LogP contribution is -2.18. The fourth-order valence-electron chi connectivity index (χ4n) is 1.84. The van der Waals surface area contributed by atoms with E-state index in [9.17, 15) is 4.79 Å². The van der Waals surface area contributed by atoms with Gasteiger partial charge in [-0.2, -0.15) is 0 Å². The number of anilines is 1. The van der Waals surface area contributed by atoms with E-state index in [0.29, 0.717) is 30.3 Å². The van der Waals surface area contributed by atoms with Gasteiger partial charge in [0.15, 0.2) is 0 Å². The molecule has 0 aliphatic heterocycles. The van der Waals surface area contributed by atoms with Crippen molar-refractivity contribution in [2.45, 2.75) is 26.7 Å². The van der Waals surface area contributed by atoms with Crippen LogP contribution in [0.1, 0.15) is 35.7 Å². The predicted molar refractivity (Wildman–Crippen MR) is 69.9 cm³/mol. The van der Waals surface area contributed by atoms with Gasteiger partial charge in [0.2, 0.25) is 0 Å². The first-order valence-corrected chi connectivity index (χ1v) is 6.13. The maximum absolute atomic E-state index is 11.2. The molecule has 5 heteroatoms. The Morgan fingerprint density at radius 1 is 1.56 bits per heavy atom. The Balaban J connectivity index is 2.78. The Labute approximate surface area is 107 Å². The van der Waals surface area contributed by atoms with Crippen LogP contribution < -0.4 is 5.32 Å². The SMILES string of the molecule is CCC(CCO)CNc1nccc(C)c1C(=O)O. The summed E-state index contributed by atoms with van der Waals surface area (Å²) in [7, 11) is 0. The number of hydrogen-bond acceptors (Lipinski definition) is 4. The predicted octanol–water partition coefficient (Wildman–Crippen LogP) is 1.91. The number of carboxylic acids is 1. The van der Waals surface area contributed by atoms with Crippen molar-refractivity contribution in [2.75, 3.05) is 18.5 Å². The van der Waals surface area contributed by atoms with E-state index in [0.717, 1.165) is 6.42 Å². The molecule has 1 aromatic heterocycles. The summed E-state index contributed by atoms with van der Waals surface area (Å²) in [6.07, 6.45) is 3.23. The number of aromatic carboxylic acids is 1. The summed E-state index contributed by atoms with van der Waals surface area (Å²) in [6, 6.07) is 1.68. The molecule has 0 bridgehead atoms. The molecular weight excluding hydrogens is 232 g/mol. The molecule has 0 amide bonds. The molecule has 1 unspecified atom stereocenters. The number of nitrogens with zero attached hydrogens (tertiary/aromatic N) is 1. The summed E-state index contributed by atoms with van der Waals surface area (Å²) in [5, 5.41) is 21.1. The van der Waals surface area contributed by atoms with Gasteiger partial charge in [0.1, 0.15) is 11.4 Å². The average Bonchev–Trinajstić information content (AvgIpc) is 2.33. The summed E-state index contributed by atoms with van der Waals surface area (Å²) in [5.41, 5.74) is 0.909. The number of aliphatic hydroxyl groups excluding tert-OH is 1. The minimum atomic E-state index is -0.974. The van der Waals surface area contributed by atoms with E-state index in [4.69, 9.17) is 10.2 Å². The Bertz CT molecular complexity index is 407. The van der Waals surface area contributed by atoms with Crippen LogP contribution in [0.2, 0.25) is 0 Å². The Morgan fingerprint density at radius 2 is 2.28 bits per heavy atom. The Kier molecular flexibility index (Phi) is 5.58. The van der Waals surface area contributed by atoms with Gasteiger partial charge in [-0.1, -0.05) is 13.3 Å². The van der Waals surface area contributed by atoms with Gasteiger partial charge in [-0.05, 0) is 30.9 Å². The molecule has 1 heterocycles. The van der Waals surface area contributed by atoms with Crippen molar-refractivity contribution in [3.8, 4) is 0 Å². The van der Waals surface area contributed by atoms with Gasteiger partial charge in [-0.3, -0.25) is 0 Å². The van der Waals surface area contributed by atoms with E-state index < -0.39 is 5.97 Å². The second-order valence-electron chi connectivity index (χ2n) is 4.32. The zero-order valence-electron chi connectivity index (χ0n) is 10.8. The maximum Gasteiger partial charge on any atom is 0.339 e. The largest absolute Gasteiger partial charge is 0.478 e. The van der Waals surface area contributed by atoms with Crippen LogP contribution in [0.4, 0.5) is 5.82 Å². The van der Waals surface area contributed by atoms with Crippen LogP contribution in [0.15, 0.2) is 12.3 Å². The molecule has 0 aliphatic carbocycles. The molecular formula is C13H20N2O3. The van der Waals surface area contributed by atoms with E-state index in [1.165, 1.54) is 0 Å². The van der Waals surface area contributed by atoms with Crippen molar-refractivity contribution < 1.29 is 15.0 Å². The van der Waals surface area contributed by atoms with Crippen LogP contribution in [0.3, 0.4) is 0 Å². The molecule has 0 spiro atoms. The number of aromatic nitrogens is 1. The highest BCUT2D eigenvalue weighted by molar-refractivity contribution is 5.94. The van der Waals surface area contributed by atoms with Crippen molar-refractivity contribution in [3.63, 3.8) is 0 Å². The van der Waals surface area contributed by atoms with Gasteiger partial charge in [0, 0.05) is 19.3 Å². The molecule has 1 atom stereocenters. The van der Waals surface area contributed by atoms with Crippen LogP contribution in [0, 0.1) is 12.8 Å². The number of nitrogens with one attached hydrogen (secondary N) is 1. The molecule has 100 valence electrons. The molecule has 0 fully saturated rings. The molecule has 5 nitrogen and oxygen atoms in total. The molecule has 1 rings (SSSR count). The summed E-state index contributed by atoms with van der Waals surface area (Å²) < 4.78 is 0. The third-order valence-electron chi connectivity index (χ3n) is 3.05. The first-order valence-electron chi connectivity index (χ1n) is 6.13. The van der Waals surface area contributed by atoms with Gasteiger partial charge in [0.05, 0.1) is 0 Å². The highest BCUT2D eigenvalue weighted by Gasteiger charge is 2.15. The van der Waals surface area contributed by atoms with Crippen LogP contribution in [-0.2, 0) is 0 Å². The second kappa shape index (κ2) is 6.96. The topological polar surface area (TPSA) is 82.5 Å². The number of pyridine rings is 1. The molecule has 0 aliphatic rings. The minimum Gasteiger partial charge on any atom is -0.478 e. The van der Waals surface area contributed by atoms with Gasteiger partial charge >= 0.3 is 5.97 Å². The molecule has 18 heavy (non-hydrogen) atoms. The van der Waals surface area contributed by atoms with Crippen LogP contribution >= 0.6 is 0 Å². The lowest BCUT2D eigenvalue weighted by atomic mass is 10.0. The number of carbonyl (C=O) groups is 1. The number of rotatable bonds is 7. The zero-order valence-corrected chi connectivity index (χ0v) is 10.8. The third-order valence-corrected chi connectivity index (χ3v) is 3.05. The van der Waals surface area contributed by atoms with Gasteiger partial charge in [0.25, 0.3) is 0 Å². The molecule has 0 radical (unpaired) electrons. The molecule has 3 N–H and O–H groups in total. The fraction of sp³-hybridized carbons (Fsp3) is 0.538. The lowest BCUT2D eigenvalue weighted by Gasteiger charge is -2.16. The maximum atomic E-state index is 11.2. The summed E-state index contributed by atoms with van der Waals surface area (Å²) in [6.45, 7) is 4.56. The lowest BCUT2D eigenvalue weighted by molar-refractivity contribution is 0.0696. The highest BCUT2D eigenvalue weighted by Crippen LogP contribution is 2.18. The average molecular weight is 252 g/mol. The number of hydrogen-bond donors (Lipinski definition) is 3. The highest BCUT2D eigenvalue weighted by atomic mass is 16.4. The standard InChI is InChI=1S/C13H20N2O3/c1-3-10(5-7-16)8-15-12-11(13(17)18)9(2)4-6-14-12/h4,6,10,16H,3,5,7-8H2,1-2H3,(H,14,15)(H,17,18). The van der Waals surface area contributed by atoms with E-state index in [-0.39, 0.29) is 12.2 Å². The smallest absolute Gasteiger partial charge is 0.339 e. The molecule has 0 saturated carbocycles. The summed E-state index contributed by atoms with van der Waals surface area (Å²) >= 11 is 0. The van der Waals surface area contributed by atoms with E-state index >= 15 is 0 Å². The Hall–Kier alpha value is -1.62. The fourth-order valence-corrected chi connectivity index (χ4v) is 1.84. The first kappa shape index (κ1) is 14.4. The monoisotopic (exact) mass is 252 g/mol. The van der Waals surface area contributed by atoms with Crippen LogP contribution in [-0.4, -0.2) is 34.3 Å². The minimum absolute atomic E-state index is 0.146. The van der Waals surface area contributed by atoms with Crippen LogP contribution in [0.5, 0.6) is 0 Å². The van der Waals surface area contributed by atoms with Crippen molar-refractivity contribution in [1.82, 2.24) is 4.98 Å². The van der Waals surface area contributed by atoms with E-state index in [1.54, 1.807) is 19.2 Å². The summed E-state index contributed by atoms with van der Waals surface area (Å²) in [4.78, 5) is 15.2. The number of aryl methyl sites for hydroxylation is 1. The van der Waals surface area contributed by atoms with Crippen molar-refractivity contribution in [2.24, 2.45) is 5.92 Å². The van der Waals surface area contributed by atoms with Gasteiger partial charge in [-0.15, -0.1) is 0 Å². The number of carboxylic acid groups (broad SMARTS) is 1. The molecule has 0 aromatic carbocycles. The van der Waals surface area contributed by atoms with Crippen LogP contribution in [0.25, 0.3) is 0 Å². The number of aliphatic hydroxyl groups is 1. The molecule has 1 aromatic rings. The van der Waals surface area contributed by atoms with Gasteiger partial charge < -0.3 is 15.5 Å². The second-order valence-corrected chi connectivity index (χ2v) is 4.32. The molecule has 0 saturated heterocycles. The van der Waals surface area contributed by atoms with E-state index in [2.05, 4.69) is 10.3 Å². The van der Waals surface area contributed by atoms with Crippen molar-refractivity contribution >= 4 is 11.8 Å². The third kappa shape index (κ3) is 3.70. The Morgan fingerprint density at radius 3 is 2.83 bits per heavy atom. The van der Waals surface area contributed by atoms with Crippen molar-refractivity contribution in [3.05, 3.63) is 23.4 Å². The van der Waals surface area contributed by atoms with Gasteiger partial charge in [-0.25, -0.2) is 9.78 Å². The first-order chi connectivity index (χ1) is 8.60. The zero-order chi connectivity index (χ0) is 13.5.